The summed E-state index contributed by atoms with van der Waals surface area (Å²) in [6.07, 6.45) is 0. The summed E-state index contributed by atoms with van der Waals surface area (Å²) >= 11 is 3.88. The molecule has 3 nitrogen and oxygen atoms in total. The summed E-state index contributed by atoms with van der Waals surface area (Å²) in [5.74, 6) is -0.968. The van der Waals surface area contributed by atoms with Crippen molar-refractivity contribution in [2.24, 2.45) is 0 Å². The molecule has 0 saturated carbocycles. The van der Waals surface area contributed by atoms with Crippen LogP contribution in [0.25, 0.3) is 0 Å². The molecule has 0 aliphatic carbocycles. The van der Waals surface area contributed by atoms with Crippen molar-refractivity contribution in [2.45, 2.75) is 11.8 Å². The van der Waals surface area contributed by atoms with Crippen molar-refractivity contribution in [2.75, 3.05) is 19.8 Å². The molecule has 88 valence electrons. The maximum absolute atomic E-state index is 12.9. The number of carbonyl (C=O) groups is 1. The molecule has 16 heavy (non-hydrogen) atoms. The fourth-order valence-electron chi connectivity index (χ4n) is 1.06. The van der Waals surface area contributed by atoms with E-state index in [1.165, 1.54) is 18.2 Å². The first-order chi connectivity index (χ1) is 7.65. The van der Waals surface area contributed by atoms with Crippen molar-refractivity contribution in [3.05, 3.63) is 29.6 Å². The number of carbonyl (C=O) groups excluding carboxylic acids is 1. The average Bonchev–Trinajstić information content (AvgIpc) is 2.28. The van der Waals surface area contributed by atoms with Crippen molar-refractivity contribution in [3.8, 4) is 0 Å². The highest BCUT2D eigenvalue weighted by molar-refractivity contribution is 7.80. The molecule has 0 fully saturated rings. The topological polar surface area (TPSA) is 35.5 Å². The lowest BCUT2D eigenvalue weighted by atomic mass is 10.2. The molecule has 0 aliphatic rings. The molecular formula is C11H13FO3S. The van der Waals surface area contributed by atoms with Gasteiger partial charge in [-0.25, -0.2) is 9.18 Å². The van der Waals surface area contributed by atoms with Crippen LogP contribution < -0.4 is 0 Å². The third kappa shape index (κ3) is 3.83. The lowest BCUT2D eigenvalue weighted by molar-refractivity contribution is 0.0335. The second kappa shape index (κ2) is 6.50. The Kier molecular flexibility index (Phi) is 5.28. The number of hydrogen-bond donors (Lipinski definition) is 1. The quantitative estimate of drug-likeness (QED) is 0.490. The molecule has 0 aliphatic heterocycles. The first-order valence-corrected chi connectivity index (χ1v) is 5.33. The van der Waals surface area contributed by atoms with Crippen LogP contribution in [0.4, 0.5) is 4.39 Å². The van der Waals surface area contributed by atoms with Gasteiger partial charge in [0.15, 0.2) is 0 Å². The molecule has 1 rings (SSSR count). The van der Waals surface area contributed by atoms with Gasteiger partial charge in [-0.2, -0.15) is 0 Å². The molecule has 0 unspecified atom stereocenters. The van der Waals surface area contributed by atoms with E-state index in [0.29, 0.717) is 13.2 Å². The Labute approximate surface area is 99.0 Å². The minimum Gasteiger partial charge on any atom is -0.460 e. The molecule has 1 aromatic rings. The minimum absolute atomic E-state index is 0.124. The van der Waals surface area contributed by atoms with Crippen LogP contribution >= 0.6 is 12.6 Å². The Bertz CT molecular complexity index is 368. The Morgan fingerprint density at radius 2 is 2.19 bits per heavy atom. The van der Waals surface area contributed by atoms with Gasteiger partial charge in [0.1, 0.15) is 12.4 Å². The highest BCUT2D eigenvalue weighted by Gasteiger charge is 2.09. The van der Waals surface area contributed by atoms with Crippen LogP contribution in [0.15, 0.2) is 23.1 Å². The number of benzene rings is 1. The zero-order valence-corrected chi connectivity index (χ0v) is 9.80. The number of esters is 1. The van der Waals surface area contributed by atoms with Gasteiger partial charge in [0.25, 0.3) is 0 Å². The van der Waals surface area contributed by atoms with Crippen LogP contribution in [0.3, 0.4) is 0 Å². The first-order valence-electron chi connectivity index (χ1n) is 4.88. The molecule has 0 bridgehead atoms. The number of hydrogen-bond acceptors (Lipinski definition) is 4. The van der Waals surface area contributed by atoms with Gasteiger partial charge in [-0.3, -0.25) is 0 Å². The molecule has 0 spiro atoms. The lowest BCUT2D eigenvalue weighted by Gasteiger charge is -2.05. The van der Waals surface area contributed by atoms with Crippen molar-refractivity contribution in [1.82, 2.24) is 0 Å². The maximum atomic E-state index is 12.9. The molecule has 5 heteroatoms. The minimum atomic E-state index is -0.505. The molecule has 0 saturated heterocycles. The van der Waals surface area contributed by atoms with Crippen LogP contribution in [0.5, 0.6) is 0 Å². The van der Waals surface area contributed by atoms with Crippen molar-refractivity contribution >= 4 is 18.6 Å². The van der Waals surface area contributed by atoms with Crippen LogP contribution in [-0.4, -0.2) is 25.8 Å². The summed E-state index contributed by atoms with van der Waals surface area (Å²) in [4.78, 5) is 11.6. The van der Waals surface area contributed by atoms with Gasteiger partial charge in [-0.1, -0.05) is 0 Å². The second-order valence-corrected chi connectivity index (χ2v) is 3.48. The molecular weight excluding hydrogens is 231 g/mol. The molecule has 0 N–H and O–H groups in total. The number of halogens is 1. The van der Waals surface area contributed by atoms with E-state index < -0.39 is 11.8 Å². The summed E-state index contributed by atoms with van der Waals surface area (Å²) in [6, 6.07) is 3.88. The molecule has 1 aromatic carbocycles. The van der Waals surface area contributed by atoms with Crippen molar-refractivity contribution in [1.29, 1.82) is 0 Å². The van der Waals surface area contributed by atoms with E-state index >= 15 is 0 Å². The summed E-state index contributed by atoms with van der Waals surface area (Å²) in [5, 5.41) is 0. The van der Waals surface area contributed by atoms with Crippen LogP contribution in [-0.2, 0) is 9.47 Å². The zero-order chi connectivity index (χ0) is 12.0. The summed E-state index contributed by atoms with van der Waals surface area (Å²) < 4.78 is 22.8. The fourth-order valence-corrected chi connectivity index (χ4v) is 1.27. The Morgan fingerprint density at radius 3 is 2.81 bits per heavy atom. The van der Waals surface area contributed by atoms with E-state index in [2.05, 4.69) is 12.6 Å². The highest BCUT2D eigenvalue weighted by atomic mass is 32.1. The van der Waals surface area contributed by atoms with E-state index in [1.54, 1.807) is 0 Å². The Hall–Kier alpha value is -1.07. The van der Waals surface area contributed by atoms with Crippen LogP contribution in [0.1, 0.15) is 17.3 Å². The highest BCUT2D eigenvalue weighted by Crippen LogP contribution is 2.14. The summed E-state index contributed by atoms with van der Waals surface area (Å²) in [7, 11) is 0. The standard InChI is InChI=1S/C11H13FO3S/c1-2-14-5-6-15-11(13)8-3-4-9(12)10(16)7-8/h3-4,7,16H,2,5-6H2,1H3. The monoisotopic (exact) mass is 244 g/mol. The van der Waals surface area contributed by atoms with Gasteiger partial charge in [0.2, 0.25) is 0 Å². The predicted molar refractivity (Wildman–Crippen MR) is 60.4 cm³/mol. The van der Waals surface area contributed by atoms with Gasteiger partial charge in [-0.15, -0.1) is 12.6 Å². The zero-order valence-electron chi connectivity index (χ0n) is 8.90. The van der Waals surface area contributed by atoms with Crippen LogP contribution in [0, 0.1) is 5.82 Å². The molecule has 0 amide bonds. The summed E-state index contributed by atoms with van der Waals surface area (Å²) in [6.45, 7) is 2.98. The van der Waals surface area contributed by atoms with Gasteiger partial charge in [0, 0.05) is 11.5 Å². The Balaban J connectivity index is 2.50. The first kappa shape index (κ1) is 13.0. The molecule has 0 radical (unpaired) electrons. The van der Waals surface area contributed by atoms with Gasteiger partial charge < -0.3 is 9.47 Å². The van der Waals surface area contributed by atoms with Gasteiger partial charge >= 0.3 is 5.97 Å². The smallest absolute Gasteiger partial charge is 0.338 e. The lowest BCUT2D eigenvalue weighted by Crippen LogP contribution is -2.10. The molecule has 0 heterocycles. The van der Waals surface area contributed by atoms with Crippen molar-refractivity contribution < 1.29 is 18.7 Å². The van der Waals surface area contributed by atoms with Crippen molar-refractivity contribution in [3.63, 3.8) is 0 Å². The van der Waals surface area contributed by atoms with Crippen LogP contribution in [0.2, 0.25) is 0 Å². The Morgan fingerprint density at radius 1 is 1.44 bits per heavy atom. The predicted octanol–water partition coefficient (Wildman–Crippen LogP) is 2.31. The SMILES string of the molecule is CCOCCOC(=O)c1ccc(F)c(S)c1. The van der Waals surface area contributed by atoms with E-state index in [0.717, 1.165) is 0 Å². The van der Waals surface area contributed by atoms with E-state index in [4.69, 9.17) is 9.47 Å². The number of ether oxygens (including phenoxy) is 2. The van der Waals surface area contributed by atoms with Gasteiger partial charge in [0.05, 0.1) is 12.2 Å². The molecule has 0 aromatic heterocycles. The third-order valence-electron chi connectivity index (χ3n) is 1.85. The van der Waals surface area contributed by atoms with E-state index in [9.17, 15) is 9.18 Å². The largest absolute Gasteiger partial charge is 0.460 e. The molecule has 0 atom stereocenters. The average molecular weight is 244 g/mol. The summed E-state index contributed by atoms with van der Waals surface area (Å²) in [5.41, 5.74) is 0.280. The fraction of sp³-hybridized carbons (Fsp3) is 0.364. The normalized spacial score (nSPS) is 10.2. The third-order valence-corrected chi connectivity index (χ3v) is 2.19. The van der Waals surface area contributed by atoms with E-state index in [-0.39, 0.29) is 17.1 Å². The van der Waals surface area contributed by atoms with Gasteiger partial charge in [-0.05, 0) is 25.1 Å². The maximum Gasteiger partial charge on any atom is 0.338 e. The number of rotatable bonds is 5. The number of thiol groups is 1. The second-order valence-electron chi connectivity index (χ2n) is 3.00. The van der Waals surface area contributed by atoms with E-state index in [1.807, 2.05) is 6.92 Å².